The zero-order valence-corrected chi connectivity index (χ0v) is 16.7. The SMILES string of the molecule is COc1ccc(C(=O)Nc2cc(O)n(-c3ccccc3)c2O)cc1OC1CCCC1. The number of rotatable bonds is 6. The van der Waals surface area contributed by atoms with Crippen LogP contribution >= 0.6 is 0 Å². The van der Waals surface area contributed by atoms with Gasteiger partial charge in [0.15, 0.2) is 11.5 Å². The van der Waals surface area contributed by atoms with E-state index in [0.29, 0.717) is 22.7 Å². The fourth-order valence-corrected chi connectivity index (χ4v) is 3.70. The van der Waals surface area contributed by atoms with Gasteiger partial charge in [-0.05, 0) is 56.0 Å². The van der Waals surface area contributed by atoms with Crippen LogP contribution in [-0.2, 0) is 0 Å². The van der Waals surface area contributed by atoms with Crippen LogP contribution in [0.25, 0.3) is 5.69 Å². The zero-order valence-electron chi connectivity index (χ0n) is 16.7. The first kappa shape index (κ1) is 19.7. The van der Waals surface area contributed by atoms with Gasteiger partial charge in [-0.15, -0.1) is 0 Å². The van der Waals surface area contributed by atoms with E-state index in [1.807, 2.05) is 6.07 Å². The van der Waals surface area contributed by atoms with Gasteiger partial charge in [0.05, 0.1) is 18.9 Å². The van der Waals surface area contributed by atoms with Crippen LogP contribution in [0.4, 0.5) is 5.69 Å². The molecule has 3 N–H and O–H groups in total. The summed E-state index contributed by atoms with van der Waals surface area (Å²) in [4.78, 5) is 12.8. The number of methoxy groups -OCH3 is 1. The molecule has 7 nitrogen and oxygen atoms in total. The molecular weight excluding hydrogens is 384 g/mol. The van der Waals surface area contributed by atoms with Crippen molar-refractivity contribution in [2.24, 2.45) is 0 Å². The molecule has 30 heavy (non-hydrogen) atoms. The minimum Gasteiger partial charge on any atom is -0.494 e. The number of carbonyl (C=O) groups excluding carboxylic acids is 1. The third kappa shape index (κ3) is 3.91. The molecule has 1 aliphatic carbocycles. The topological polar surface area (TPSA) is 93.0 Å². The summed E-state index contributed by atoms with van der Waals surface area (Å²) in [5.74, 6) is 0.201. The molecule has 0 atom stereocenters. The third-order valence-electron chi connectivity index (χ3n) is 5.24. The average molecular weight is 408 g/mol. The van der Waals surface area contributed by atoms with E-state index in [4.69, 9.17) is 9.47 Å². The maximum absolute atomic E-state index is 12.8. The fraction of sp³-hybridized carbons (Fsp3) is 0.261. The molecule has 2 aromatic carbocycles. The lowest BCUT2D eigenvalue weighted by atomic mass is 10.1. The number of aromatic nitrogens is 1. The number of aromatic hydroxyl groups is 2. The first-order chi connectivity index (χ1) is 14.6. The molecule has 3 aromatic rings. The lowest BCUT2D eigenvalue weighted by molar-refractivity contribution is 0.102. The summed E-state index contributed by atoms with van der Waals surface area (Å²) < 4.78 is 12.7. The quantitative estimate of drug-likeness (QED) is 0.560. The van der Waals surface area contributed by atoms with Gasteiger partial charge >= 0.3 is 0 Å². The van der Waals surface area contributed by atoms with Gasteiger partial charge in [0.1, 0.15) is 5.69 Å². The van der Waals surface area contributed by atoms with E-state index in [9.17, 15) is 15.0 Å². The molecule has 7 heteroatoms. The largest absolute Gasteiger partial charge is 0.494 e. The summed E-state index contributed by atoms with van der Waals surface area (Å²) in [6, 6.07) is 15.1. The van der Waals surface area contributed by atoms with Crippen molar-refractivity contribution in [1.82, 2.24) is 4.57 Å². The molecule has 1 aromatic heterocycles. The summed E-state index contributed by atoms with van der Waals surface area (Å²) in [6.07, 6.45) is 4.36. The molecule has 0 spiro atoms. The molecule has 0 bridgehead atoms. The van der Waals surface area contributed by atoms with Crippen molar-refractivity contribution in [3.05, 3.63) is 60.2 Å². The zero-order chi connectivity index (χ0) is 21.1. The van der Waals surface area contributed by atoms with Crippen molar-refractivity contribution in [2.75, 3.05) is 12.4 Å². The number of carbonyl (C=O) groups is 1. The Morgan fingerprint density at radius 2 is 1.77 bits per heavy atom. The Kier molecular flexibility index (Phi) is 5.52. The van der Waals surface area contributed by atoms with Crippen molar-refractivity contribution >= 4 is 11.6 Å². The van der Waals surface area contributed by atoms with Gasteiger partial charge in [-0.25, -0.2) is 4.57 Å². The highest BCUT2D eigenvalue weighted by Gasteiger charge is 2.21. The van der Waals surface area contributed by atoms with Crippen molar-refractivity contribution in [3.8, 4) is 28.9 Å². The van der Waals surface area contributed by atoms with Gasteiger partial charge in [-0.3, -0.25) is 4.79 Å². The Bertz CT molecular complexity index is 1040. The van der Waals surface area contributed by atoms with Crippen LogP contribution in [0.2, 0.25) is 0 Å². The van der Waals surface area contributed by atoms with Crippen LogP contribution in [-0.4, -0.2) is 33.9 Å². The Labute approximate surface area is 174 Å². The Balaban J connectivity index is 1.57. The summed E-state index contributed by atoms with van der Waals surface area (Å²) in [5, 5.41) is 23.4. The van der Waals surface area contributed by atoms with Gasteiger partial charge in [0.25, 0.3) is 5.91 Å². The standard InChI is InChI=1S/C23H24N2O5/c1-29-19-12-11-15(13-20(19)30-17-9-5-6-10-17)22(27)24-18-14-21(26)25(23(18)28)16-7-3-2-4-8-16/h2-4,7-8,11-14,17,26,28H,5-6,9-10H2,1H3,(H,24,27). The van der Waals surface area contributed by atoms with Gasteiger partial charge < -0.3 is 25.0 Å². The van der Waals surface area contributed by atoms with Crippen LogP contribution in [0.3, 0.4) is 0 Å². The normalized spacial score (nSPS) is 13.9. The summed E-state index contributed by atoms with van der Waals surface area (Å²) in [6.45, 7) is 0. The lowest BCUT2D eigenvalue weighted by Gasteiger charge is -2.16. The summed E-state index contributed by atoms with van der Waals surface area (Å²) >= 11 is 0. The Hall–Kier alpha value is -3.61. The van der Waals surface area contributed by atoms with Gasteiger partial charge in [-0.1, -0.05) is 18.2 Å². The van der Waals surface area contributed by atoms with E-state index in [-0.39, 0.29) is 23.6 Å². The van der Waals surface area contributed by atoms with Gasteiger partial charge in [-0.2, -0.15) is 0 Å². The second kappa shape index (κ2) is 8.41. The molecule has 0 aliphatic heterocycles. The van der Waals surface area contributed by atoms with Crippen molar-refractivity contribution in [2.45, 2.75) is 31.8 Å². The monoisotopic (exact) mass is 408 g/mol. The lowest BCUT2D eigenvalue weighted by Crippen LogP contribution is -2.14. The number of hydrogen-bond donors (Lipinski definition) is 3. The van der Waals surface area contributed by atoms with Gasteiger partial charge in [0.2, 0.25) is 11.8 Å². The van der Waals surface area contributed by atoms with Crippen LogP contribution in [0.5, 0.6) is 23.3 Å². The van der Waals surface area contributed by atoms with E-state index < -0.39 is 5.91 Å². The van der Waals surface area contributed by atoms with E-state index in [0.717, 1.165) is 25.7 Å². The predicted molar refractivity (Wildman–Crippen MR) is 113 cm³/mol. The number of para-hydroxylation sites is 1. The summed E-state index contributed by atoms with van der Waals surface area (Å²) in [7, 11) is 1.56. The van der Waals surface area contributed by atoms with Crippen LogP contribution in [0.15, 0.2) is 54.6 Å². The van der Waals surface area contributed by atoms with Crippen LogP contribution in [0.1, 0.15) is 36.0 Å². The minimum absolute atomic E-state index is 0.107. The van der Waals surface area contributed by atoms with Gasteiger partial charge in [0, 0.05) is 11.6 Å². The van der Waals surface area contributed by atoms with E-state index >= 15 is 0 Å². The van der Waals surface area contributed by atoms with Crippen molar-refractivity contribution in [3.63, 3.8) is 0 Å². The molecule has 1 aliphatic rings. The molecule has 0 unspecified atom stereocenters. The maximum Gasteiger partial charge on any atom is 0.255 e. The first-order valence-corrected chi connectivity index (χ1v) is 9.92. The number of anilines is 1. The smallest absolute Gasteiger partial charge is 0.255 e. The van der Waals surface area contributed by atoms with Crippen LogP contribution < -0.4 is 14.8 Å². The molecular formula is C23H24N2O5. The van der Waals surface area contributed by atoms with E-state index in [2.05, 4.69) is 5.32 Å². The van der Waals surface area contributed by atoms with Crippen molar-refractivity contribution < 1.29 is 24.5 Å². The van der Waals surface area contributed by atoms with Crippen LogP contribution in [0, 0.1) is 0 Å². The molecule has 4 rings (SSSR count). The minimum atomic E-state index is -0.436. The fourth-order valence-electron chi connectivity index (χ4n) is 3.70. The second-order valence-corrected chi connectivity index (χ2v) is 7.25. The molecule has 1 fully saturated rings. The third-order valence-corrected chi connectivity index (χ3v) is 5.24. The number of amides is 1. The predicted octanol–water partition coefficient (Wildman–Crippen LogP) is 4.47. The number of nitrogens with one attached hydrogen (secondary N) is 1. The maximum atomic E-state index is 12.8. The van der Waals surface area contributed by atoms with E-state index in [1.165, 1.54) is 10.6 Å². The highest BCUT2D eigenvalue weighted by molar-refractivity contribution is 6.05. The highest BCUT2D eigenvalue weighted by atomic mass is 16.5. The second-order valence-electron chi connectivity index (χ2n) is 7.25. The Morgan fingerprint density at radius 1 is 1.03 bits per heavy atom. The number of ether oxygens (including phenoxy) is 2. The molecule has 1 amide bonds. The number of benzene rings is 2. The van der Waals surface area contributed by atoms with E-state index in [1.54, 1.807) is 49.6 Å². The molecule has 0 saturated heterocycles. The Morgan fingerprint density at radius 3 is 2.47 bits per heavy atom. The van der Waals surface area contributed by atoms with Crippen molar-refractivity contribution in [1.29, 1.82) is 0 Å². The average Bonchev–Trinajstić information content (AvgIpc) is 3.36. The first-order valence-electron chi connectivity index (χ1n) is 9.92. The number of nitrogens with zero attached hydrogens (tertiary/aromatic N) is 1. The molecule has 1 saturated carbocycles. The number of hydrogen-bond acceptors (Lipinski definition) is 5. The summed E-state index contributed by atoms with van der Waals surface area (Å²) in [5.41, 5.74) is 1.04. The molecule has 156 valence electrons. The highest BCUT2D eigenvalue weighted by Crippen LogP contribution is 2.36. The molecule has 0 radical (unpaired) electrons. The molecule has 1 heterocycles.